The molecule has 84 valence electrons. The van der Waals surface area contributed by atoms with Gasteiger partial charge in [0.05, 0.1) is 0 Å². The summed E-state index contributed by atoms with van der Waals surface area (Å²) in [6.45, 7) is 4.37. The fraction of sp³-hybridized carbons (Fsp3) is 0.636. The van der Waals surface area contributed by atoms with E-state index in [0.717, 1.165) is 18.3 Å². The molecule has 4 heteroatoms. The maximum absolute atomic E-state index is 3.56. The fourth-order valence-electron chi connectivity index (χ4n) is 1.59. The smallest absolute Gasteiger partial charge is 0.0300 e. The molecule has 0 aliphatic carbocycles. The van der Waals surface area contributed by atoms with Crippen LogP contribution < -0.4 is 5.32 Å². The van der Waals surface area contributed by atoms with Crippen LogP contribution in [0.25, 0.3) is 0 Å². The Morgan fingerprint density at radius 3 is 3.00 bits per heavy atom. The van der Waals surface area contributed by atoms with Crippen LogP contribution >= 0.6 is 34.9 Å². The Labute approximate surface area is 104 Å². The van der Waals surface area contributed by atoms with Crippen LogP contribution in [-0.4, -0.2) is 29.1 Å². The van der Waals surface area contributed by atoms with Crippen LogP contribution in [0.1, 0.15) is 9.75 Å². The van der Waals surface area contributed by atoms with Crippen molar-refractivity contribution in [1.29, 1.82) is 0 Å². The Kier molecular flexibility index (Phi) is 4.88. The number of rotatable bonds is 4. The van der Waals surface area contributed by atoms with Gasteiger partial charge in [-0.1, -0.05) is 0 Å². The van der Waals surface area contributed by atoms with Gasteiger partial charge in [-0.05, 0) is 19.1 Å². The molecular weight excluding hydrogens is 242 g/mol. The minimum atomic E-state index is 0.824. The summed E-state index contributed by atoms with van der Waals surface area (Å²) < 4.78 is 0. The second-order valence-electron chi connectivity index (χ2n) is 3.71. The van der Waals surface area contributed by atoms with Gasteiger partial charge in [-0.15, -0.1) is 11.3 Å². The summed E-state index contributed by atoms with van der Waals surface area (Å²) in [5.74, 6) is 3.99. The number of hydrogen-bond acceptors (Lipinski definition) is 4. The van der Waals surface area contributed by atoms with E-state index >= 15 is 0 Å². The Bertz CT molecular complexity index is 292. The molecule has 1 aromatic rings. The molecule has 1 fully saturated rings. The van der Waals surface area contributed by atoms with Gasteiger partial charge in [-0.2, -0.15) is 23.5 Å². The Morgan fingerprint density at radius 2 is 2.33 bits per heavy atom. The molecule has 2 rings (SSSR count). The average molecular weight is 259 g/mol. The zero-order chi connectivity index (χ0) is 10.5. The Morgan fingerprint density at radius 1 is 1.40 bits per heavy atom. The van der Waals surface area contributed by atoms with Crippen molar-refractivity contribution in [2.75, 3.05) is 23.8 Å². The van der Waals surface area contributed by atoms with Gasteiger partial charge in [0.25, 0.3) is 0 Å². The summed E-state index contributed by atoms with van der Waals surface area (Å²) in [7, 11) is 0. The molecule has 1 aromatic heterocycles. The summed E-state index contributed by atoms with van der Waals surface area (Å²) >= 11 is 6.12. The van der Waals surface area contributed by atoms with E-state index in [1.807, 2.05) is 11.3 Å². The van der Waals surface area contributed by atoms with E-state index in [2.05, 4.69) is 47.9 Å². The summed E-state index contributed by atoms with van der Waals surface area (Å²) in [6.07, 6.45) is 0. The van der Waals surface area contributed by atoms with E-state index in [4.69, 9.17) is 0 Å². The summed E-state index contributed by atoms with van der Waals surface area (Å²) in [6, 6.07) is 4.43. The molecule has 0 aromatic carbocycles. The summed E-state index contributed by atoms with van der Waals surface area (Å²) in [5.41, 5.74) is 0. The van der Waals surface area contributed by atoms with Crippen molar-refractivity contribution in [2.24, 2.45) is 0 Å². The van der Waals surface area contributed by atoms with Gasteiger partial charge in [-0.3, -0.25) is 0 Å². The molecule has 1 aliphatic heterocycles. The first-order valence-corrected chi connectivity index (χ1v) is 8.32. The number of nitrogens with one attached hydrogen (secondary N) is 1. The lowest BCUT2D eigenvalue weighted by Crippen LogP contribution is -2.28. The molecule has 0 amide bonds. The third-order valence-corrected chi connectivity index (χ3v) is 6.20. The lowest BCUT2D eigenvalue weighted by atomic mass is 10.4. The molecule has 1 N–H and O–H groups in total. The minimum Gasteiger partial charge on any atom is -0.311 e. The number of thiophene rings is 1. The van der Waals surface area contributed by atoms with Crippen LogP contribution in [0.4, 0.5) is 0 Å². The standard InChI is InChI=1S/C11H17NS3/c1-9-2-3-10(15-9)6-12-7-11-8-13-4-5-14-11/h2-3,11-12H,4-8H2,1H3. The third-order valence-electron chi connectivity index (χ3n) is 2.35. The molecule has 1 unspecified atom stereocenters. The second-order valence-corrected chi connectivity index (χ2v) is 7.64. The van der Waals surface area contributed by atoms with E-state index < -0.39 is 0 Å². The van der Waals surface area contributed by atoms with Gasteiger partial charge in [-0.25, -0.2) is 0 Å². The van der Waals surface area contributed by atoms with E-state index in [0.29, 0.717) is 0 Å². The van der Waals surface area contributed by atoms with Gasteiger partial charge in [0, 0.05) is 45.4 Å². The SMILES string of the molecule is Cc1ccc(CNCC2CSCCS2)s1. The van der Waals surface area contributed by atoms with Gasteiger partial charge in [0.2, 0.25) is 0 Å². The van der Waals surface area contributed by atoms with Gasteiger partial charge < -0.3 is 5.32 Å². The average Bonchev–Trinajstić information content (AvgIpc) is 2.66. The fourth-order valence-corrected chi connectivity index (χ4v) is 5.10. The topological polar surface area (TPSA) is 12.0 Å². The van der Waals surface area contributed by atoms with Crippen molar-refractivity contribution in [3.8, 4) is 0 Å². The third kappa shape index (κ3) is 4.02. The highest BCUT2D eigenvalue weighted by molar-refractivity contribution is 8.06. The van der Waals surface area contributed by atoms with Gasteiger partial charge in [0.15, 0.2) is 0 Å². The molecule has 0 radical (unpaired) electrons. The predicted octanol–water partition coefficient (Wildman–Crippen LogP) is 2.99. The highest BCUT2D eigenvalue weighted by Gasteiger charge is 2.13. The number of hydrogen-bond donors (Lipinski definition) is 1. The zero-order valence-corrected chi connectivity index (χ0v) is 11.4. The predicted molar refractivity (Wildman–Crippen MR) is 74.3 cm³/mol. The minimum absolute atomic E-state index is 0.824. The van der Waals surface area contributed by atoms with Crippen molar-refractivity contribution >= 4 is 34.9 Å². The van der Waals surface area contributed by atoms with Crippen LogP contribution in [0.15, 0.2) is 12.1 Å². The lowest BCUT2D eigenvalue weighted by Gasteiger charge is -2.20. The second kappa shape index (κ2) is 6.18. The quantitative estimate of drug-likeness (QED) is 0.893. The van der Waals surface area contributed by atoms with E-state index in [-0.39, 0.29) is 0 Å². The molecule has 1 atom stereocenters. The van der Waals surface area contributed by atoms with Gasteiger partial charge >= 0.3 is 0 Å². The highest BCUT2D eigenvalue weighted by Crippen LogP contribution is 2.23. The molecule has 1 nitrogen and oxygen atoms in total. The van der Waals surface area contributed by atoms with Crippen molar-refractivity contribution < 1.29 is 0 Å². The Balaban J connectivity index is 1.65. The van der Waals surface area contributed by atoms with Crippen molar-refractivity contribution in [1.82, 2.24) is 5.32 Å². The van der Waals surface area contributed by atoms with Crippen molar-refractivity contribution in [3.63, 3.8) is 0 Å². The zero-order valence-electron chi connectivity index (χ0n) is 8.99. The first-order chi connectivity index (χ1) is 7.34. The number of aryl methyl sites for hydroxylation is 1. The number of thioether (sulfide) groups is 2. The molecule has 1 saturated heterocycles. The van der Waals surface area contributed by atoms with Crippen molar-refractivity contribution in [2.45, 2.75) is 18.7 Å². The maximum atomic E-state index is 3.56. The molecule has 0 spiro atoms. The summed E-state index contributed by atoms with van der Waals surface area (Å²) in [5, 5.41) is 4.38. The first kappa shape index (κ1) is 11.8. The molecule has 0 bridgehead atoms. The molecule has 2 heterocycles. The lowest BCUT2D eigenvalue weighted by molar-refractivity contribution is 0.693. The van der Waals surface area contributed by atoms with Crippen LogP contribution in [0.2, 0.25) is 0 Å². The maximum Gasteiger partial charge on any atom is 0.0300 e. The largest absolute Gasteiger partial charge is 0.311 e. The molecular formula is C11H17NS3. The van der Waals surface area contributed by atoms with Crippen LogP contribution in [0, 0.1) is 6.92 Å². The van der Waals surface area contributed by atoms with Crippen LogP contribution in [0.5, 0.6) is 0 Å². The van der Waals surface area contributed by atoms with Crippen LogP contribution in [-0.2, 0) is 6.54 Å². The highest BCUT2D eigenvalue weighted by atomic mass is 32.2. The van der Waals surface area contributed by atoms with E-state index in [1.54, 1.807) is 0 Å². The Hall–Kier alpha value is 0.360. The van der Waals surface area contributed by atoms with E-state index in [1.165, 1.54) is 27.0 Å². The van der Waals surface area contributed by atoms with Crippen molar-refractivity contribution in [3.05, 3.63) is 21.9 Å². The molecule has 1 aliphatic rings. The van der Waals surface area contributed by atoms with Gasteiger partial charge in [0.1, 0.15) is 0 Å². The van der Waals surface area contributed by atoms with Crippen LogP contribution in [0.3, 0.4) is 0 Å². The monoisotopic (exact) mass is 259 g/mol. The van der Waals surface area contributed by atoms with E-state index in [9.17, 15) is 0 Å². The molecule has 15 heavy (non-hydrogen) atoms. The first-order valence-electron chi connectivity index (χ1n) is 5.30. The summed E-state index contributed by atoms with van der Waals surface area (Å²) in [4.78, 5) is 2.87. The molecule has 0 saturated carbocycles. The normalized spacial score (nSPS) is 21.8.